The normalized spacial score (nSPS) is 22.5. The molecule has 2 atom stereocenters. The van der Waals surface area contributed by atoms with Gasteiger partial charge in [-0.2, -0.15) is 0 Å². The number of likely N-dealkylation sites (tertiary alicyclic amines) is 1. The average molecular weight is 370 g/mol. The number of nitrogens with zero attached hydrogens (tertiary/aromatic N) is 1. The summed E-state index contributed by atoms with van der Waals surface area (Å²) in [6, 6.07) is 16.2. The van der Waals surface area contributed by atoms with E-state index in [1.165, 1.54) is 0 Å². The molecular formula is C20H22N2O5. The van der Waals surface area contributed by atoms with Crippen LogP contribution in [0, 0.1) is 0 Å². The van der Waals surface area contributed by atoms with Crippen molar-refractivity contribution in [1.29, 1.82) is 0 Å². The van der Waals surface area contributed by atoms with Gasteiger partial charge in [0.1, 0.15) is 23.9 Å². The van der Waals surface area contributed by atoms with Crippen LogP contribution in [0.1, 0.15) is 17.5 Å². The first-order valence-electron chi connectivity index (χ1n) is 8.62. The van der Waals surface area contributed by atoms with Crippen LogP contribution in [-0.2, 0) is 22.7 Å². The molecule has 4 N–H and O–H groups in total. The minimum absolute atomic E-state index is 0.00837. The fourth-order valence-corrected chi connectivity index (χ4v) is 3.24. The second kappa shape index (κ2) is 7.77. The zero-order valence-corrected chi connectivity index (χ0v) is 14.7. The molecule has 2 unspecified atom stereocenters. The quantitative estimate of drug-likeness (QED) is 0.680. The fraction of sp³-hybridized carbons (Fsp3) is 0.300. The lowest BCUT2D eigenvalue weighted by Gasteiger charge is -2.22. The smallest absolute Gasteiger partial charge is 0.325 e. The van der Waals surface area contributed by atoms with Crippen molar-refractivity contribution in [3.63, 3.8) is 0 Å². The molecule has 1 saturated heterocycles. The van der Waals surface area contributed by atoms with Crippen LogP contribution in [0.15, 0.2) is 54.6 Å². The maximum absolute atomic E-state index is 11.5. The average Bonchev–Trinajstić information content (AvgIpc) is 3.00. The molecule has 0 saturated carbocycles. The van der Waals surface area contributed by atoms with E-state index in [1.54, 1.807) is 4.90 Å². The number of hydrogen-bond donors (Lipinski definition) is 3. The Hall–Kier alpha value is -2.90. The zero-order valence-electron chi connectivity index (χ0n) is 14.7. The largest absolute Gasteiger partial charge is 0.489 e. The van der Waals surface area contributed by atoms with Crippen LogP contribution in [0.3, 0.4) is 0 Å². The zero-order chi connectivity index (χ0) is 19.4. The molecule has 0 bridgehead atoms. The molecule has 0 radical (unpaired) electrons. The van der Waals surface area contributed by atoms with Crippen LogP contribution in [0.2, 0.25) is 0 Å². The van der Waals surface area contributed by atoms with Gasteiger partial charge in [-0.15, -0.1) is 0 Å². The summed E-state index contributed by atoms with van der Waals surface area (Å²) in [5.74, 6) is -1.54. The van der Waals surface area contributed by atoms with Gasteiger partial charge in [0.2, 0.25) is 0 Å². The highest BCUT2D eigenvalue weighted by Crippen LogP contribution is 2.28. The predicted molar refractivity (Wildman–Crippen MR) is 98.2 cm³/mol. The summed E-state index contributed by atoms with van der Waals surface area (Å²) in [6.45, 7) is 0.759. The fourth-order valence-electron chi connectivity index (χ4n) is 3.24. The van der Waals surface area contributed by atoms with Gasteiger partial charge in [-0.25, -0.2) is 0 Å². The van der Waals surface area contributed by atoms with Gasteiger partial charge in [0.05, 0.1) is 0 Å². The number of benzene rings is 2. The Morgan fingerprint density at radius 1 is 1.07 bits per heavy atom. The van der Waals surface area contributed by atoms with E-state index in [-0.39, 0.29) is 13.0 Å². The van der Waals surface area contributed by atoms with Gasteiger partial charge in [-0.3, -0.25) is 14.5 Å². The van der Waals surface area contributed by atoms with Crippen LogP contribution < -0.4 is 10.5 Å². The van der Waals surface area contributed by atoms with Crippen LogP contribution >= 0.6 is 0 Å². The first-order chi connectivity index (χ1) is 12.9. The number of carbonyl (C=O) groups is 2. The Morgan fingerprint density at radius 3 is 2.33 bits per heavy atom. The monoisotopic (exact) mass is 370 g/mol. The third-order valence-electron chi connectivity index (χ3n) is 4.75. The van der Waals surface area contributed by atoms with Crippen molar-refractivity contribution >= 4 is 11.9 Å². The molecule has 0 aromatic heterocycles. The second-order valence-corrected chi connectivity index (χ2v) is 6.84. The Balaban J connectivity index is 1.63. The lowest BCUT2D eigenvalue weighted by molar-refractivity contribution is -0.142. The Labute approximate surface area is 157 Å². The summed E-state index contributed by atoms with van der Waals surface area (Å²) in [5, 5.41) is 18.7. The SMILES string of the molecule is NC1(C(=O)O)CC(C(=O)O)N(Cc2ccc(OCc3ccccc3)cc2)C1. The molecule has 1 aliphatic rings. The van der Waals surface area contributed by atoms with E-state index in [0.29, 0.717) is 18.9 Å². The van der Waals surface area contributed by atoms with Crippen LogP contribution in [0.4, 0.5) is 0 Å². The number of aliphatic carboxylic acids is 2. The molecule has 27 heavy (non-hydrogen) atoms. The van der Waals surface area contributed by atoms with Gasteiger partial charge in [0.25, 0.3) is 0 Å². The Bertz CT molecular complexity index is 809. The Morgan fingerprint density at radius 2 is 1.74 bits per heavy atom. The topological polar surface area (TPSA) is 113 Å². The molecule has 7 heteroatoms. The predicted octanol–water partition coefficient (Wildman–Crippen LogP) is 1.71. The standard InChI is InChI=1S/C20H22N2O5/c21-20(19(25)26)10-17(18(23)24)22(13-20)11-14-6-8-16(9-7-14)27-12-15-4-2-1-3-5-15/h1-9,17H,10-13,21H2,(H,23,24)(H,25,26). The molecule has 0 spiro atoms. The Kier molecular flexibility index (Phi) is 5.43. The van der Waals surface area contributed by atoms with E-state index in [9.17, 15) is 19.8 Å². The van der Waals surface area contributed by atoms with Crippen molar-refractivity contribution in [1.82, 2.24) is 4.90 Å². The molecule has 1 aliphatic heterocycles. The van der Waals surface area contributed by atoms with Crippen molar-refractivity contribution in [2.24, 2.45) is 5.73 Å². The van der Waals surface area contributed by atoms with E-state index in [2.05, 4.69) is 0 Å². The van der Waals surface area contributed by atoms with Gasteiger partial charge < -0.3 is 20.7 Å². The maximum atomic E-state index is 11.5. The first-order valence-corrected chi connectivity index (χ1v) is 8.62. The lowest BCUT2D eigenvalue weighted by Crippen LogP contribution is -2.50. The first kappa shape index (κ1) is 18.9. The highest BCUT2D eigenvalue weighted by molar-refractivity contribution is 5.83. The van der Waals surface area contributed by atoms with E-state index in [1.807, 2.05) is 54.6 Å². The number of ether oxygens (including phenoxy) is 1. The molecule has 0 aliphatic carbocycles. The molecule has 0 amide bonds. The van der Waals surface area contributed by atoms with E-state index in [0.717, 1.165) is 11.1 Å². The molecule has 1 heterocycles. The van der Waals surface area contributed by atoms with E-state index >= 15 is 0 Å². The van der Waals surface area contributed by atoms with Gasteiger partial charge in [0, 0.05) is 19.5 Å². The van der Waals surface area contributed by atoms with E-state index in [4.69, 9.17) is 10.5 Å². The minimum Gasteiger partial charge on any atom is -0.489 e. The summed E-state index contributed by atoms with van der Waals surface area (Å²) < 4.78 is 5.74. The van der Waals surface area contributed by atoms with Gasteiger partial charge in [-0.05, 0) is 23.3 Å². The highest BCUT2D eigenvalue weighted by Gasteiger charge is 2.49. The molecule has 7 nitrogen and oxygen atoms in total. The van der Waals surface area contributed by atoms with Crippen molar-refractivity contribution in [2.75, 3.05) is 6.54 Å². The van der Waals surface area contributed by atoms with Crippen LogP contribution in [-0.4, -0.2) is 45.2 Å². The van der Waals surface area contributed by atoms with Crippen molar-refractivity contribution in [2.45, 2.75) is 31.2 Å². The highest BCUT2D eigenvalue weighted by atomic mass is 16.5. The molecule has 3 rings (SSSR count). The van der Waals surface area contributed by atoms with Crippen molar-refractivity contribution in [3.8, 4) is 5.75 Å². The second-order valence-electron chi connectivity index (χ2n) is 6.84. The van der Waals surface area contributed by atoms with E-state index < -0.39 is 23.5 Å². The molecular weight excluding hydrogens is 348 g/mol. The molecule has 1 fully saturated rings. The summed E-state index contributed by atoms with van der Waals surface area (Å²) in [7, 11) is 0. The summed E-state index contributed by atoms with van der Waals surface area (Å²) in [4.78, 5) is 24.4. The number of hydrogen-bond acceptors (Lipinski definition) is 5. The van der Waals surface area contributed by atoms with Gasteiger partial charge in [0.15, 0.2) is 0 Å². The summed E-state index contributed by atoms with van der Waals surface area (Å²) >= 11 is 0. The molecule has 2 aromatic carbocycles. The van der Waals surface area contributed by atoms with Gasteiger partial charge >= 0.3 is 11.9 Å². The number of carboxylic acid groups (broad SMARTS) is 2. The maximum Gasteiger partial charge on any atom is 0.325 e. The molecule has 2 aromatic rings. The van der Waals surface area contributed by atoms with Crippen molar-refractivity contribution in [3.05, 3.63) is 65.7 Å². The summed E-state index contributed by atoms with van der Waals surface area (Å²) in [6.07, 6.45) is -0.115. The van der Waals surface area contributed by atoms with Gasteiger partial charge in [-0.1, -0.05) is 42.5 Å². The minimum atomic E-state index is -1.54. The number of nitrogens with two attached hydrogens (primary N) is 1. The van der Waals surface area contributed by atoms with Crippen molar-refractivity contribution < 1.29 is 24.5 Å². The summed E-state index contributed by atoms with van der Waals surface area (Å²) in [5.41, 5.74) is 6.26. The molecule has 142 valence electrons. The van der Waals surface area contributed by atoms with Crippen LogP contribution in [0.25, 0.3) is 0 Å². The number of rotatable bonds is 7. The number of carboxylic acids is 2. The third kappa shape index (κ3) is 4.45. The lowest BCUT2D eigenvalue weighted by atomic mass is 9.98. The third-order valence-corrected chi connectivity index (χ3v) is 4.75. The van der Waals surface area contributed by atoms with Crippen LogP contribution in [0.5, 0.6) is 5.75 Å².